The lowest BCUT2D eigenvalue weighted by molar-refractivity contribution is 0.174. The highest BCUT2D eigenvalue weighted by molar-refractivity contribution is 5.56. The first-order chi connectivity index (χ1) is 18.2. The Balaban J connectivity index is 1.43. The van der Waals surface area contributed by atoms with Crippen molar-refractivity contribution in [3.8, 4) is 22.9 Å². The molecule has 5 nitrogen and oxygen atoms in total. The fourth-order valence-electron chi connectivity index (χ4n) is 4.97. The highest BCUT2D eigenvalue weighted by Gasteiger charge is 2.18. The number of hydrogen-bond donors (Lipinski definition) is 0. The zero-order chi connectivity index (χ0) is 25.5. The number of imidazole rings is 1. The second kappa shape index (κ2) is 12.1. The molecule has 5 rings (SSSR count). The van der Waals surface area contributed by atoms with E-state index in [1.54, 1.807) is 0 Å². The van der Waals surface area contributed by atoms with E-state index >= 15 is 0 Å². The molecule has 0 bridgehead atoms. The van der Waals surface area contributed by atoms with E-state index in [0.29, 0.717) is 6.79 Å². The van der Waals surface area contributed by atoms with Crippen molar-refractivity contribution >= 4 is 0 Å². The lowest BCUT2D eigenvalue weighted by Gasteiger charge is -2.24. The summed E-state index contributed by atoms with van der Waals surface area (Å²) in [6.07, 6.45) is 6.64. The largest absolute Gasteiger partial charge is 0.454 e. The van der Waals surface area contributed by atoms with E-state index in [4.69, 9.17) is 14.5 Å². The van der Waals surface area contributed by atoms with Crippen LogP contribution in [0.2, 0.25) is 0 Å². The molecule has 0 unspecified atom stereocenters. The number of ether oxygens (including phenoxy) is 2. The summed E-state index contributed by atoms with van der Waals surface area (Å²) in [7, 11) is 0. The van der Waals surface area contributed by atoms with Gasteiger partial charge in [0.25, 0.3) is 0 Å². The zero-order valence-corrected chi connectivity index (χ0v) is 22.0. The molecule has 5 heteroatoms. The van der Waals surface area contributed by atoms with Crippen LogP contribution in [0.15, 0.2) is 79.0 Å². The van der Waals surface area contributed by atoms with Gasteiger partial charge in [0.2, 0.25) is 6.79 Å². The van der Waals surface area contributed by atoms with Crippen LogP contribution in [0, 0.1) is 0 Å². The second-order valence-corrected chi connectivity index (χ2v) is 9.84. The van der Waals surface area contributed by atoms with Gasteiger partial charge in [-0.15, -0.1) is 0 Å². The maximum Gasteiger partial charge on any atom is 0.231 e. The maximum atomic E-state index is 5.65. The van der Waals surface area contributed by atoms with Gasteiger partial charge in [0.05, 0.1) is 11.9 Å². The van der Waals surface area contributed by atoms with Crippen LogP contribution in [0.1, 0.15) is 55.5 Å². The van der Waals surface area contributed by atoms with Crippen molar-refractivity contribution in [2.75, 3.05) is 6.79 Å². The van der Waals surface area contributed by atoms with Crippen LogP contribution in [0.4, 0.5) is 0 Å². The van der Waals surface area contributed by atoms with Gasteiger partial charge in [-0.05, 0) is 41.7 Å². The normalized spacial score (nSPS) is 12.4. The van der Waals surface area contributed by atoms with Crippen LogP contribution in [0.3, 0.4) is 0 Å². The van der Waals surface area contributed by atoms with Gasteiger partial charge in [0, 0.05) is 31.7 Å². The molecule has 1 aliphatic rings. The Hall–Kier alpha value is -3.57. The Kier molecular flexibility index (Phi) is 8.21. The first-order valence-corrected chi connectivity index (χ1v) is 13.5. The fourth-order valence-corrected chi connectivity index (χ4v) is 4.97. The first-order valence-electron chi connectivity index (χ1n) is 13.5. The lowest BCUT2D eigenvalue weighted by Crippen LogP contribution is -2.24. The molecule has 1 aliphatic heterocycles. The summed E-state index contributed by atoms with van der Waals surface area (Å²) in [5.41, 5.74) is 6.35. The highest BCUT2D eigenvalue weighted by Crippen LogP contribution is 2.33. The molecule has 37 heavy (non-hydrogen) atoms. The molecule has 0 radical (unpaired) electrons. The van der Waals surface area contributed by atoms with Gasteiger partial charge in [0.1, 0.15) is 5.82 Å². The lowest BCUT2D eigenvalue weighted by atomic mass is 10.1. The number of aryl methyl sites for hydroxylation is 1. The van der Waals surface area contributed by atoms with Crippen LogP contribution < -0.4 is 9.47 Å². The molecular weight excluding hydrogens is 458 g/mol. The van der Waals surface area contributed by atoms with Crippen LogP contribution in [0.25, 0.3) is 11.4 Å². The van der Waals surface area contributed by atoms with E-state index in [0.717, 1.165) is 62.8 Å². The third-order valence-electron chi connectivity index (χ3n) is 6.90. The molecule has 0 saturated heterocycles. The van der Waals surface area contributed by atoms with Crippen molar-refractivity contribution in [2.45, 2.75) is 65.7 Å². The average Bonchev–Trinajstić information content (AvgIpc) is 3.56. The summed E-state index contributed by atoms with van der Waals surface area (Å²) in [5.74, 6) is 2.71. The van der Waals surface area contributed by atoms with Gasteiger partial charge >= 0.3 is 0 Å². The molecule has 3 aromatic carbocycles. The van der Waals surface area contributed by atoms with Crippen molar-refractivity contribution in [3.05, 3.63) is 101 Å². The Morgan fingerprint density at radius 3 is 2.30 bits per heavy atom. The van der Waals surface area contributed by atoms with E-state index in [2.05, 4.69) is 96.2 Å². The number of rotatable bonds is 12. The summed E-state index contributed by atoms with van der Waals surface area (Å²) in [6, 6.07) is 25.9. The van der Waals surface area contributed by atoms with Crippen molar-refractivity contribution in [1.82, 2.24) is 14.5 Å². The van der Waals surface area contributed by atoms with Crippen LogP contribution >= 0.6 is 0 Å². The molecule has 2 heterocycles. The number of benzene rings is 3. The molecule has 0 aliphatic carbocycles. The highest BCUT2D eigenvalue weighted by atomic mass is 16.7. The molecule has 0 N–H and O–H groups in total. The molecule has 0 saturated carbocycles. The molecule has 192 valence electrons. The van der Waals surface area contributed by atoms with Crippen molar-refractivity contribution < 1.29 is 9.47 Å². The average molecular weight is 496 g/mol. The van der Waals surface area contributed by atoms with Crippen molar-refractivity contribution in [3.63, 3.8) is 0 Å². The molecule has 0 atom stereocenters. The summed E-state index contributed by atoms with van der Waals surface area (Å²) >= 11 is 0. The van der Waals surface area contributed by atoms with E-state index in [9.17, 15) is 0 Å². The molecular formula is C32H37N3O2. The van der Waals surface area contributed by atoms with Crippen molar-refractivity contribution in [2.24, 2.45) is 0 Å². The van der Waals surface area contributed by atoms with Gasteiger partial charge < -0.3 is 14.0 Å². The van der Waals surface area contributed by atoms with Gasteiger partial charge in [-0.2, -0.15) is 0 Å². The van der Waals surface area contributed by atoms with E-state index in [1.807, 2.05) is 6.07 Å². The number of nitrogens with zero attached hydrogens (tertiary/aromatic N) is 3. The van der Waals surface area contributed by atoms with Gasteiger partial charge in [-0.3, -0.25) is 4.90 Å². The second-order valence-electron chi connectivity index (χ2n) is 9.84. The Labute approximate surface area is 220 Å². The van der Waals surface area contributed by atoms with Crippen LogP contribution in [-0.4, -0.2) is 21.2 Å². The predicted molar refractivity (Wildman–Crippen MR) is 149 cm³/mol. The minimum absolute atomic E-state index is 0.297. The van der Waals surface area contributed by atoms with Crippen molar-refractivity contribution in [1.29, 1.82) is 0 Å². The van der Waals surface area contributed by atoms with Crippen LogP contribution in [0.5, 0.6) is 11.5 Å². The Bertz CT molecular complexity index is 1280. The number of aromatic nitrogens is 2. The van der Waals surface area contributed by atoms with E-state index in [1.165, 1.54) is 34.4 Å². The number of hydrogen-bond acceptors (Lipinski definition) is 4. The summed E-state index contributed by atoms with van der Waals surface area (Å²) < 4.78 is 13.6. The van der Waals surface area contributed by atoms with Gasteiger partial charge in [-0.1, -0.05) is 87.4 Å². The molecule has 4 aromatic rings. The van der Waals surface area contributed by atoms with Crippen LogP contribution in [-0.2, 0) is 32.6 Å². The smallest absolute Gasteiger partial charge is 0.231 e. The molecule has 0 amide bonds. The Morgan fingerprint density at radius 1 is 0.784 bits per heavy atom. The fraction of sp³-hybridized carbons (Fsp3) is 0.344. The predicted octanol–water partition coefficient (Wildman–Crippen LogP) is 7.23. The maximum absolute atomic E-state index is 5.65. The summed E-state index contributed by atoms with van der Waals surface area (Å²) in [6.45, 7) is 8.23. The van der Waals surface area contributed by atoms with E-state index in [-0.39, 0.29) is 0 Å². The summed E-state index contributed by atoms with van der Waals surface area (Å²) in [4.78, 5) is 7.39. The third-order valence-corrected chi connectivity index (χ3v) is 6.90. The SMILES string of the molecule is CCCCn1c(CN(Cc2ccc(CCC)cc2)Cc2ccc3c(c2)OCO3)cnc1-c1ccccc1. The number of fused-ring (bicyclic) bond motifs is 1. The number of unbranched alkanes of at least 4 members (excludes halogenated alkanes) is 1. The Morgan fingerprint density at radius 2 is 1.51 bits per heavy atom. The molecule has 1 aromatic heterocycles. The molecule has 0 fully saturated rings. The van der Waals surface area contributed by atoms with Gasteiger partial charge in [-0.25, -0.2) is 4.98 Å². The first kappa shape index (κ1) is 25.1. The zero-order valence-electron chi connectivity index (χ0n) is 22.0. The topological polar surface area (TPSA) is 39.5 Å². The third kappa shape index (κ3) is 6.23. The summed E-state index contributed by atoms with van der Waals surface area (Å²) in [5, 5.41) is 0. The standard InChI is InChI=1S/C32H37N3O2/c1-3-5-18-35-29(20-33-32(35)28-10-7-6-8-11-28)23-34(21-26-14-12-25(9-4-2)13-15-26)22-27-16-17-30-31(19-27)37-24-36-30/h6-8,10-17,19-20H,3-5,9,18,21-24H2,1-2H3. The van der Waals surface area contributed by atoms with E-state index < -0.39 is 0 Å². The minimum Gasteiger partial charge on any atom is -0.454 e. The van der Waals surface area contributed by atoms with Gasteiger partial charge in [0.15, 0.2) is 11.5 Å². The monoisotopic (exact) mass is 495 g/mol. The molecule has 0 spiro atoms. The quantitative estimate of drug-likeness (QED) is 0.208. The minimum atomic E-state index is 0.297.